The zero-order valence-electron chi connectivity index (χ0n) is 28.4. The molecule has 1 saturated heterocycles. The van der Waals surface area contributed by atoms with Crippen LogP contribution in [0.15, 0.2) is 36.4 Å². The molecule has 0 radical (unpaired) electrons. The number of amides is 4. The number of imidazole rings is 1. The first-order chi connectivity index (χ1) is 23.1. The van der Waals surface area contributed by atoms with Gasteiger partial charge in [-0.25, -0.2) is 13.2 Å². The van der Waals surface area contributed by atoms with E-state index in [1.54, 1.807) is 27.7 Å². The Morgan fingerprint density at radius 2 is 1.86 bits per heavy atom. The summed E-state index contributed by atoms with van der Waals surface area (Å²) in [5.41, 5.74) is -0.832. The molecule has 1 aromatic carbocycles. The lowest BCUT2D eigenvalue weighted by Crippen LogP contribution is -2.58. The third kappa shape index (κ3) is 7.55. The normalized spacial score (nSPS) is 28.7. The van der Waals surface area contributed by atoms with Crippen LogP contribution in [0.3, 0.4) is 0 Å². The number of aromatic nitrogens is 2. The van der Waals surface area contributed by atoms with Gasteiger partial charge in [0.25, 0.3) is 11.9 Å². The Morgan fingerprint density at radius 3 is 2.57 bits per heavy atom. The van der Waals surface area contributed by atoms with Crippen LogP contribution in [0.25, 0.3) is 11.0 Å². The molecule has 49 heavy (non-hydrogen) atoms. The first kappa shape index (κ1) is 34.7. The summed E-state index contributed by atoms with van der Waals surface area (Å²) in [6.45, 7) is 6.78. The zero-order chi connectivity index (χ0) is 35.2. The summed E-state index contributed by atoms with van der Waals surface area (Å²) in [5.74, 6) is -2.30. The lowest BCUT2D eigenvalue weighted by atomic mass is 10.0. The number of H-pyrrole nitrogens is 1. The van der Waals surface area contributed by atoms with Crippen molar-refractivity contribution in [2.75, 3.05) is 6.54 Å². The maximum atomic E-state index is 14.3. The number of nitrogens with zero attached hydrogens (tertiary/aromatic N) is 2. The highest BCUT2D eigenvalue weighted by atomic mass is 32.2. The average molecular weight is 699 g/mol. The second-order valence-corrected chi connectivity index (χ2v) is 17.2. The fourth-order valence-electron chi connectivity index (χ4n) is 6.54. The second-order valence-electron chi connectivity index (χ2n) is 15.0. The molecule has 0 bridgehead atoms. The molecule has 2 aliphatic carbocycles. The van der Waals surface area contributed by atoms with Crippen LogP contribution in [-0.2, 0) is 29.1 Å². The number of nitrogens with one attached hydrogen (secondary N) is 4. The van der Waals surface area contributed by atoms with Gasteiger partial charge in [-0.15, -0.1) is 0 Å². The van der Waals surface area contributed by atoms with E-state index in [-0.39, 0.29) is 25.4 Å². The summed E-state index contributed by atoms with van der Waals surface area (Å²) >= 11 is 0. The Morgan fingerprint density at radius 1 is 1.10 bits per heavy atom. The highest BCUT2D eigenvalue weighted by molar-refractivity contribution is 7.91. The third-order valence-electron chi connectivity index (χ3n) is 9.81. The van der Waals surface area contributed by atoms with Gasteiger partial charge < -0.3 is 30.0 Å². The third-order valence-corrected chi connectivity index (χ3v) is 12.0. The van der Waals surface area contributed by atoms with Crippen molar-refractivity contribution in [2.24, 2.45) is 5.92 Å². The van der Waals surface area contributed by atoms with Crippen LogP contribution in [0.1, 0.15) is 85.5 Å². The Bertz CT molecular complexity index is 1730. The summed E-state index contributed by atoms with van der Waals surface area (Å²) in [4.78, 5) is 64.0. The summed E-state index contributed by atoms with van der Waals surface area (Å²) in [5, 5.41) is 5.59. The van der Waals surface area contributed by atoms with Crippen LogP contribution in [0.2, 0.25) is 0 Å². The molecule has 4 aliphatic rings. The highest BCUT2D eigenvalue weighted by Crippen LogP contribution is 2.47. The number of ether oxygens (including phenoxy) is 2. The van der Waals surface area contributed by atoms with Crippen LogP contribution in [0.4, 0.5) is 4.79 Å². The number of alkyl carbamates (subject to hydrolysis) is 1. The van der Waals surface area contributed by atoms with Crippen LogP contribution < -0.4 is 20.1 Å². The minimum Gasteiger partial charge on any atom is -0.459 e. The van der Waals surface area contributed by atoms with Crippen molar-refractivity contribution in [3.05, 3.63) is 36.4 Å². The van der Waals surface area contributed by atoms with Gasteiger partial charge in [-0.3, -0.25) is 19.1 Å². The number of sulfonamides is 1. The molecule has 3 fully saturated rings. The van der Waals surface area contributed by atoms with Crippen molar-refractivity contribution in [1.29, 1.82) is 0 Å². The van der Waals surface area contributed by atoms with Crippen LogP contribution in [0, 0.1) is 5.92 Å². The number of rotatable bonds is 6. The molecule has 14 nitrogen and oxygen atoms in total. The van der Waals surface area contributed by atoms with Crippen molar-refractivity contribution in [2.45, 2.75) is 120 Å². The molecule has 0 unspecified atom stereocenters. The van der Waals surface area contributed by atoms with Gasteiger partial charge >= 0.3 is 6.09 Å². The molecule has 15 heteroatoms. The van der Waals surface area contributed by atoms with Gasteiger partial charge in [-0.05, 0) is 78.4 Å². The molecule has 2 aromatic rings. The molecule has 4 N–H and O–H groups in total. The monoisotopic (exact) mass is 698 g/mol. The van der Waals surface area contributed by atoms with Crippen molar-refractivity contribution in [1.82, 2.24) is 30.2 Å². The molecule has 5 atom stereocenters. The fourth-order valence-corrected chi connectivity index (χ4v) is 7.85. The van der Waals surface area contributed by atoms with Gasteiger partial charge in [0.1, 0.15) is 29.3 Å². The SMILES string of the molecule is CC(C)(C)OC(=O)N[C@H]1CCCCCC=C[C@@H]2C[C@@]2(C(=O)NS(=O)(=O)C2(C)CC2)NC(=O)[C@@H]2C[C@@H](Oc3nc4ccccc4[nH]3)CN2C1=O. The lowest BCUT2D eigenvalue weighted by Gasteiger charge is -2.30. The number of benzene rings is 1. The first-order valence-electron chi connectivity index (χ1n) is 17.1. The van der Waals surface area contributed by atoms with E-state index < -0.39 is 73.8 Å². The quantitative estimate of drug-likeness (QED) is 0.329. The number of para-hydroxylation sites is 2. The van der Waals surface area contributed by atoms with Crippen molar-refractivity contribution < 1.29 is 37.1 Å². The summed E-state index contributed by atoms with van der Waals surface area (Å²) < 4.78 is 39.0. The largest absolute Gasteiger partial charge is 0.459 e. The van der Waals surface area contributed by atoms with E-state index in [1.165, 1.54) is 4.90 Å². The van der Waals surface area contributed by atoms with Crippen molar-refractivity contribution >= 4 is 44.9 Å². The van der Waals surface area contributed by atoms with Crippen molar-refractivity contribution in [3.8, 4) is 6.01 Å². The minimum absolute atomic E-state index is 0.00965. The maximum absolute atomic E-state index is 14.3. The average Bonchev–Trinajstić information content (AvgIpc) is 3.82. The second kappa shape index (κ2) is 13.0. The Balaban J connectivity index is 1.29. The van der Waals surface area contributed by atoms with Gasteiger partial charge in [0.2, 0.25) is 21.8 Å². The van der Waals surface area contributed by atoms with Gasteiger partial charge in [0.05, 0.1) is 22.3 Å². The Hall–Kier alpha value is -4.14. The minimum atomic E-state index is -3.96. The highest BCUT2D eigenvalue weighted by Gasteiger charge is 2.63. The first-order valence-corrected chi connectivity index (χ1v) is 18.5. The van der Waals surface area contributed by atoms with Gasteiger partial charge in [0.15, 0.2) is 0 Å². The molecule has 266 valence electrons. The lowest BCUT2D eigenvalue weighted by molar-refractivity contribution is -0.141. The number of carbonyl (C=O) groups excluding carboxylic acids is 4. The molecular formula is C34H46N6O8S. The molecule has 2 saturated carbocycles. The summed E-state index contributed by atoms with van der Waals surface area (Å²) in [6.07, 6.45) is 6.83. The molecule has 4 amide bonds. The fraction of sp³-hybridized carbons (Fsp3) is 0.618. The van der Waals surface area contributed by atoms with E-state index in [0.29, 0.717) is 37.6 Å². The van der Waals surface area contributed by atoms with E-state index in [0.717, 1.165) is 18.4 Å². The molecule has 3 heterocycles. The van der Waals surface area contributed by atoms with E-state index in [4.69, 9.17) is 9.47 Å². The van der Waals surface area contributed by atoms with E-state index in [1.807, 2.05) is 36.4 Å². The van der Waals surface area contributed by atoms with Crippen molar-refractivity contribution in [3.63, 3.8) is 0 Å². The van der Waals surface area contributed by atoms with Crippen LogP contribution >= 0.6 is 0 Å². The summed E-state index contributed by atoms with van der Waals surface area (Å²) in [6, 6.07) is 5.56. The maximum Gasteiger partial charge on any atom is 0.408 e. The topological polar surface area (TPSA) is 189 Å². The van der Waals surface area contributed by atoms with Crippen LogP contribution in [-0.4, -0.2) is 87.7 Å². The summed E-state index contributed by atoms with van der Waals surface area (Å²) in [7, 11) is -3.96. The standard InChI is InChI=1S/C34H46N6O8S/c1-32(2,3)48-31(44)37-25-15-9-7-5-6-8-12-21-19-34(21,29(43)39-49(45,46)33(4)16-17-33)38-27(41)26-18-22(20-40(26)28(25)42)47-30-35-23-13-10-11-14-24(23)36-30/h8,10-14,21-22,25-26H,5-7,9,15-20H2,1-4H3,(H,35,36)(H,37,44)(H,38,41)(H,39,43)/t21-,22-,25+,26+,34-/m1/s1. The van der Waals surface area contributed by atoms with Crippen LogP contribution in [0.5, 0.6) is 6.01 Å². The predicted octanol–water partition coefficient (Wildman–Crippen LogP) is 3.20. The van der Waals surface area contributed by atoms with E-state index >= 15 is 0 Å². The molecule has 0 spiro atoms. The van der Waals surface area contributed by atoms with Gasteiger partial charge in [-0.1, -0.05) is 37.1 Å². The van der Waals surface area contributed by atoms with Gasteiger partial charge in [0, 0.05) is 12.3 Å². The smallest absolute Gasteiger partial charge is 0.408 e. The predicted molar refractivity (Wildman–Crippen MR) is 180 cm³/mol. The molecular weight excluding hydrogens is 652 g/mol. The van der Waals surface area contributed by atoms with Gasteiger partial charge in [-0.2, -0.15) is 4.98 Å². The molecule has 1 aromatic heterocycles. The Labute approximate surface area is 286 Å². The molecule has 2 aliphatic heterocycles. The number of allylic oxidation sites excluding steroid dienone is 1. The number of carbonyl (C=O) groups is 4. The number of fused-ring (bicyclic) bond motifs is 3. The number of hydrogen-bond acceptors (Lipinski definition) is 9. The Kier molecular flexibility index (Phi) is 9.18. The van der Waals surface area contributed by atoms with E-state index in [9.17, 15) is 27.6 Å². The number of aromatic amines is 1. The molecule has 6 rings (SSSR count). The number of hydrogen-bond donors (Lipinski definition) is 4. The van der Waals surface area contributed by atoms with E-state index in [2.05, 4.69) is 25.3 Å². The zero-order valence-corrected chi connectivity index (χ0v) is 29.2.